The van der Waals surface area contributed by atoms with E-state index < -0.39 is 5.97 Å². The molecule has 0 saturated carbocycles. The Bertz CT molecular complexity index is 496. The van der Waals surface area contributed by atoms with Gasteiger partial charge in [-0.25, -0.2) is 9.48 Å². The molecule has 1 amide bonds. The molecule has 1 aromatic rings. The minimum atomic E-state index is -0.573. The van der Waals surface area contributed by atoms with E-state index in [-0.39, 0.29) is 30.8 Å². The minimum Gasteiger partial charge on any atom is -0.457 e. The molecule has 0 aliphatic heterocycles. The molecular weight excluding hydrogens is 260 g/mol. The fraction of sp³-hybridized carbons (Fsp3) is 0.538. The number of hydrogen-bond acceptors (Lipinski definition) is 5. The van der Waals surface area contributed by atoms with Gasteiger partial charge in [-0.15, -0.1) is 5.10 Å². The van der Waals surface area contributed by atoms with Crippen molar-refractivity contribution in [3.05, 3.63) is 24.0 Å². The van der Waals surface area contributed by atoms with Crippen molar-refractivity contribution >= 4 is 11.9 Å². The molecule has 0 saturated heterocycles. The molecule has 1 aromatic heterocycles. The minimum absolute atomic E-state index is 0.0257. The van der Waals surface area contributed by atoms with Gasteiger partial charge in [0.25, 0.3) is 0 Å². The highest BCUT2D eigenvalue weighted by molar-refractivity contribution is 5.88. The number of ether oxygens (including phenoxy) is 1. The average molecular weight is 280 g/mol. The first kappa shape index (κ1) is 15.9. The van der Waals surface area contributed by atoms with Gasteiger partial charge in [0.05, 0.1) is 5.69 Å². The largest absolute Gasteiger partial charge is 0.457 e. The molecule has 1 rings (SSSR count). The zero-order chi connectivity index (χ0) is 15.1. The van der Waals surface area contributed by atoms with Gasteiger partial charge in [-0.2, -0.15) is 0 Å². The third-order valence-electron chi connectivity index (χ3n) is 2.82. The van der Waals surface area contributed by atoms with Crippen LogP contribution in [0.3, 0.4) is 0 Å². The molecule has 0 radical (unpaired) electrons. The van der Waals surface area contributed by atoms with Crippen LogP contribution in [0.1, 0.15) is 36.5 Å². The van der Waals surface area contributed by atoms with Gasteiger partial charge in [-0.05, 0) is 20.3 Å². The highest BCUT2D eigenvalue weighted by atomic mass is 16.5. The third kappa shape index (κ3) is 4.18. The van der Waals surface area contributed by atoms with Crippen LogP contribution in [0, 0.1) is 6.92 Å². The fourth-order valence-electron chi connectivity index (χ4n) is 1.46. The second-order valence-corrected chi connectivity index (χ2v) is 4.45. The van der Waals surface area contributed by atoms with Crippen LogP contribution in [0.15, 0.2) is 12.7 Å². The molecule has 0 aliphatic carbocycles. The number of carbonyl (C=O) groups excluding carboxylic acids is 2. The zero-order valence-electron chi connectivity index (χ0n) is 12.0. The lowest BCUT2D eigenvalue weighted by Crippen LogP contribution is -2.35. The molecule has 0 fully saturated rings. The van der Waals surface area contributed by atoms with E-state index in [1.54, 1.807) is 6.92 Å². The Labute approximate surface area is 118 Å². The highest BCUT2D eigenvalue weighted by Gasteiger charge is 2.19. The van der Waals surface area contributed by atoms with Crippen LogP contribution in [0.5, 0.6) is 0 Å². The normalized spacial score (nSPS) is 11.8. The summed E-state index contributed by atoms with van der Waals surface area (Å²) in [6, 6.07) is 0.100. The number of rotatable bonds is 7. The smallest absolute Gasteiger partial charge is 0.361 e. The summed E-state index contributed by atoms with van der Waals surface area (Å²) in [5, 5.41) is 10.4. The topological polar surface area (TPSA) is 86.1 Å². The lowest BCUT2D eigenvalue weighted by Gasteiger charge is -2.11. The summed E-state index contributed by atoms with van der Waals surface area (Å²) in [4.78, 5) is 23.4. The van der Waals surface area contributed by atoms with E-state index in [0.29, 0.717) is 5.69 Å². The molecule has 7 heteroatoms. The molecule has 0 aliphatic rings. The SMILES string of the molecule is C=CCOC(=O)c1nnn(CC(=O)NC(C)CC)c1C. The Morgan fingerprint density at radius 1 is 1.55 bits per heavy atom. The van der Waals surface area contributed by atoms with Crippen LogP contribution in [0.2, 0.25) is 0 Å². The molecule has 20 heavy (non-hydrogen) atoms. The van der Waals surface area contributed by atoms with Gasteiger partial charge in [0.2, 0.25) is 5.91 Å². The summed E-state index contributed by atoms with van der Waals surface area (Å²) in [7, 11) is 0. The van der Waals surface area contributed by atoms with E-state index in [2.05, 4.69) is 22.2 Å². The first-order valence-corrected chi connectivity index (χ1v) is 6.47. The molecule has 7 nitrogen and oxygen atoms in total. The van der Waals surface area contributed by atoms with Crippen LogP contribution in [-0.4, -0.2) is 39.5 Å². The molecule has 1 unspecified atom stereocenters. The van der Waals surface area contributed by atoms with Crippen molar-refractivity contribution in [1.82, 2.24) is 20.3 Å². The van der Waals surface area contributed by atoms with Gasteiger partial charge in [0.1, 0.15) is 13.2 Å². The molecule has 0 bridgehead atoms. The quantitative estimate of drug-likeness (QED) is 0.591. The Kier molecular flexibility index (Phi) is 5.89. The molecule has 1 N–H and O–H groups in total. The summed E-state index contributed by atoms with van der Waals surface area (Å²) in [5.41, 5.74) is 0.613. The van der Waals surface area contributed by atoms with Crippen molar-refractivity contribution in [2.45, 2.75) is 39.8 Å². The van der Waals surface area contributed by atoms with E-state index in [9.17, 15) is 9.59 Å². The Hall–Kier alpha value is -2.18. The Morgan fingerprint density at radius 2 is 2.25 bits per heavy atom. The predicted molar refractivity (Wildman–Crippen MR) is 73.1 cm³/mol. The van der Waals surface area contributed by atoms with Crippen molar-refractivity contribution in [2.24, 2.45) is 0 Å². The lowest BCUT2D eigenvalue weighted by atomic mass is 10.2. The maximum Gasteiger partial charge on any atom is 0.361 e. The first-order chi connectivity index (χ1) is 9.49. The van der Waals surface area contributed by atoms with Crippen molar-refractivity contribution in [1.29, 1.82) is 0 Å². The van der Waals surface area contributed by atoms with E-state index in [1.165, 1.54) is 10.8 Å². The van der Waals surface area contributed by atoms with Crippen LogP contribution in [0.25, 0.3) is 0 Å². The molecule has 0 aromatic carbocycles. The number of nitrogens with zero attached hydrogens (tertiary/aromatic N) is 3. The number of hydrogen-bond donors (Lipinski definition) is 1. The number of carbonyl (C=O) groups is 2. The highest BCUT2D eigenvalue weighted by Crippen LogP contribution is 2.05. The van der Waals surface area contributed by atoms with Gasteiger partial charge >= 0.3 is 5.97 Å². The number of esters is 1. The maximum absolute atomic E-state index is 11.8. The fourth-order valence-corrected chi connectivity index (χ4v) is 1.46. The second kappa shape index (κ2) is 7.42. The molecule has 0 spiro atoms. The lowest BCUT2D eigenvalue weighted by molar-refractivity contribution is -0.122. The summed E-state index contributed by atoms with van der Waals surface area (Å²) in [6.07, 6.45) is 2.32. The summed E-state index contributed by atoms with van der Waals surface area (Å²) in [6.45, 7) is 9.17. The van der Waals surface area contributed by atoms with Crippen molar-refractivity contribution in [3.63, 3.8) is 0 Å². The summed E-state index contributed by atoms with van der Waals surface area (Å²) >= 11 is 0. The van der Waals surface area contributed by atoms with Gasteiger partial charge in [0.15, 0.2) is 5.69 Å². The maximum atomic E-state index is 11.8. The molecular formula is C13H20N4O3. The van der Waals surface area contributed by atoms with Crippen LogP contribution < -0.4 is 5.32 Å². The van der Waals surface area contributed by atoms with Crippen LogP contribution in [-0.2, 0) is 16.1 Å². The van der Waals surface area contributed by atoms with Gasteiger partial charge in [-0.3, -0.25) is 4.79 Å². The Balaban J connectivity index is 2.69. The predicted octanol–water partition coefficient (Wildman–Crippen LogP) is 0.844. The standard InChI is InChI=1S/C13H20N4O3/c1-5-7-20-13(19)12-10(4)17(16-15-12)8-11(18)14-9(3)6-2/h5,9H,1,6-8H2,2-4H3,(H,14,18). The zero-order valence-corrected chi connectivity index (χ0v) is 12.0. The number of nitrogens with one attached hydrogen (secondary N) is 1. The van der Waals surface area contributed by atoms with E-state index in [0.717, 1.165) is 6.42 Å². The number of amides is 1. The molecule has 110 valence electrons. The van der Waals surface area contributed by atoms with Crippen molar-refractivity contribution < 1.29 is 14.3 Å². The van der Waals surface area contributed by atoms with Crippen LogP contribution >= 0.6 is 0 Å². The van der Waals surface area contributed by atoms with E-state index in [1.807, 2.05) is 13.8 Å². The van der Waals surface area contributed by atoms with Crippen molar-refractivity contribution in [3.8, 4) is 0 Å². The van der Waals surface area contributed by atoms with E-state index in [4.69, 9.17) is 4.74 Å². The van der Waals surface area contributed by atoms with Gasteiger partial charge in [0, 0.05) is 6.04 Å². The first-order valence-electron chi connectivity index (χ1n) is 6.47. The van der Waals surface area contributed by atoms with Gasteiger partial charge in [-0.1, -0.05) is 24.8 Å². The molecule has 1 heterocycles. The number of aromatic nitrogens is 3. The third-order valence-corrected chi connectivity index (χ3v) is 2.82. The second-order valence-electron chi connectivity index (χ2n) is 4.45. The van der Waals surface area contributed by atoms with E-state index >= 15 is 0 Å². The molecule has 1 atom stereocenters. The average Bonchev–Trinajstić information content (AvgIpc) is 2.77. The Morgan fingerprint density at radius 3 is 2.85 bits per heavy atom. The monoisotopic (exact) mass is 280 g/mol. The van der Waals surface area contributed by atoms with Crippen molar-refractivity contribution in [2.75, 3.05) is 6.61 Å². The van der Waals surface area contributed by atoms with Gasteiger partial charge < -0.3 is 10.1 Å². The van der Waals surface area contributed by atoms with Crippen LogP contribution in [0.4, 0.5) is 0 Å². The summed E-state index contributed by atoms with van der Waals surface area (Å²) < 4.78 is 6.26. The summed E-state index contributed by atoms with van der Waals surface area (Å²) in [5.74, 6) is -0.741.